The molecule has 0 atom stereocenters. The van der Waals surface area contributed by atoms with Crippen LogP contribution < -0.4 is 5.32 Å². The number of carbonyl (C=O) groups excluding carboxylic acids is 1. The van der Waals surface area contributed by atoms with Gasteiger partial charge >= 0.3 is 0 Å². The van der Waals surface area contributed by atoms with Gasteiger partial charge < -0.3 is 10.1 Å². The molecular formula is C23H26F2N2O4S. The number of carbonyl (C=O) groups is 1. The number of amides is 1. The highest BCUT2D eigenvalue weighted by Crippen LogP contribution is 2.34. The molecule has 6 nitrogen and oxygen atoms in total. The molecule has 0 bridgehead atoms. The van der Waals surface area contributed by atoms with Crippen LogP contribution in [-0.2, 0) is 20.2 Å². The second-order valence-electron chi connectivity index (χ2n) is 8.34. The van der Waals surface area contributed by atoms with Crippen LogP contribution in [0.25, 0.3) is 0 Å². The third-order valence-electron chi connectivity index (χ3n) is 6.37. The second-order valence-corrected chi connectivity index (χ2v) is 10.2. The minimum atomic E-state index is -3.99. The summed E-state index contributed by atoms with van der Waals surface area (Å²) < 4.78 is 60.1. The molecule has 1 amide bonds. The highest BCUT2D eigenvalue weighted by Gasteiger charge is 2.35. The Morgan fingerprint density at radius 2 is 1.69 bits per heavy atom. The predicted octanol–water partition coefficient (Wildman–Crippen LogP) is 3.23. The minimum Gasteiger partial charge on any atom is -0.381 e. The van der Waals surface area contributed by atoms with E-state index >= 15 is 0 Å². The lowest BCUT2D eigenvalue weighted by molar-refractivity contribution is 0.0487. The Balaban J connectivity index is 1.55. The first-order valence-corrected chi connectivity index (χ1v) is 12.2. The topological polar surface area (TPSA) is 75.7 Å². The molecule has 2 aromatic rings. The summed E-state index contributed by atoms with van der Waals surface area (Å²) in [6.45, 7) is 2.00. The molecule has 2 saturated heterocycles. The highest BCUT2D eigenvalue weighted by atomic mass is 32.2. The lowest BCUT2D eigenvalue weighted by Crippen LogP contribution is -2.44. The van der Waals surface area contributed by atoms with Crippen LogP contribution in [0.3, 0.4) is 0 Å². The Hall–Kier alpha value is -2.36. The molecule has 0 spiro atoms. The van der Waals surface area contributed by atoms with E-state index in [0.717, 1.165) is 30.5 Å². The maximum absolute atomic E-state index is 14.4. The number of nitrogens with one attached hydrogen (secondary N) is 1. The van der Waals surface area contributed by atoms with Crippen molar-refractivity contribution >= 4 is 15.9 Å². The van der Waals surface area contributed by atoms with Gasteiger partial charge in [-0.1, -0.05) is 12.1 Å². The van der Waals surface area contributed by atoms with E-state index in [0.29, 0.717) is 39.1 Å². The van der Waals surface area contributed by atoms with Crippen molar-refractivity contribution in [2.45, 2.75) is 36.0 Å². The van der Waals surface area contributed by atoms with E-state index in [1.165, 1.54) is 22.5 Å². The molecule has 32 heavy (non-hydrogen) atoms. The van der Waals surface area contributed by atoms with Crippen LogP contribution in [0.1, 0.15) is 41.6 Å². The summed E-state index contributed by atoms with van der Waals surface area (Å²) in [7, 11) is -3.99. The van der Waals surface area contributed by atoms with Crippen LogP contribution in [0.4, 0.5) is 8.78 Å². The molecule has 0 aliphatic carbocycles. The summed E-state index contributed by atoms with van der Waals surface area (Å²) in [4.78, 5) is 12.4. The molecule has 4 rings (SSSR count). The fourth-order valence-corrected chi connectivity index (χ4v) is 6.00. The third-order valence-corrected chi connectivity index (χ3v) is 8.28. The van der Waals surface area contributed by atoms with Gasteiger partial charge in [0.2, 0.25) is 10.0 Å². The van der Waals surface area contributed by atoms with Gasteiger partial charge in [0, 0.05) is 43.8 Å². The standard InChI is InChI=1S/C23H26F2N2O4S/c24-19-6-4-18(5-7-19)23(9-13-31-14-10-23)16-26-22(28)17-3-8-20(25)21(15-17)32(29,30)27-11-1-2-12-27/h3-8,15H,1-2,9-14,16H2,(H,26,28). The van der Waals surface area contributed by atoms with Crippen molar-refractivity contribution in [2.24, 2.45) is 0 Å². The Labute approximate surface area is 186 Å². The summed E-state index contributed by atoms with van der Waals surface area (Å²) >= 11 is 0. The normalized spacial score (nSPS) is 19.1. The van der Waals surface area contributed by atoms with Gasteiger partial charge in [-0.2, -0.15) is 4.31 Å². The fourth-order valence-electron chi connectivity index (χ4n) is 4.39. The van der Waals surface area contributed by atoms with Gasteiger partial charge in [-0.15, -0.1) is 0 Å². The second kappa shape index (κ2) is 9.25. The zero-order valence-corrected chi connectivity index (χ0v) is 18.5. The molecule has 9 heteroatoms. The number of ether oxygens (including phenoxy) is 1. The van der Waals surface area contributed by atoms with E-state index in [1.807, 2.05) is 0 Å². The molecule has 2 heterocycles. The third kappa shape index (κ3) is 4.55. The lowest BCUT2D eigenvalue weighted by Gasteiger charge is -2.38. The summed E-state index contributed by atoms with van der Waals surface area (Å²) in [6, 6.07) is 9.61. The van der Waals surface area contributed by atoms with Gasteiger partial charge in [0.15, 0.2) is 0 Å². The van der Waals surface area contributed by atoms with Crippen molar-refractivity contribution in [2.75, 3.05) is 32.8 Å². The van der Waals surface area contributed by atoms with Crippen molar-refractivity contribution in [3.8, 4) is 0 Å². The van der Waals surface area contributed by atoms with Crippen molar-refractivity contribution in [1.82, 2.24) is 9.62 Å². The number of halogens is 2. The molecule has 0 unspecified atom stereocenters. The van der Waals surface area contributed by atoms with Crippen LogP contribution in [0.2, 0.25) is 0 Å². The van der Waals surface area contributed by atoms with Crippen molar-refractivity contribution in [3.05, 3.63) is 65.2 Å². The van der Waals surface area contributed by atoms with Crippen molar-refractivity contribution < 1.29 is 26.7 Å². The van der Waals surface area contributed by atoms with Crippen LogP contribution in [0.5, 0.6) is 0 Å². The number of rotatable bonds is 6. The van der Waals surface area contributed by atoms with E-state index in [4.69, 9.17) is 4.74 Å². The van der Waals surface area contributed by atoms with Gasteiger partial charge in [-0.05, 0) is 61.6 Å². The number of hydrogen-bond acceptors (Lipinski definition) is 4. The molecule has 2 fully saturated rings. The quantitative estimate of drug-likeness (QED) is 0.712. The predicted molar refractivity (Wildman–Crippen MR) is 115 cm³/mol. The largest absolute Gasteiger partial charge is 0.381 e. The zero-order valence-electron chi connectivity index (χ0n) is 17.6. The molecule has 2 aliphatic rings. The summed E-state index contributed by atoms with van der Waals surface area (Å²) in [6.07, 6.45) is 2.76. The first kappa shape index (κ1) is 22.8. The van der Waals surface area contributed by atoms with Gasteiger partial charge in [0.1, 0.15) is 16.5 Å². The van der Waals surface area contributed by atoms with Crippen LogP contribution >= 0.6 is 0 Å². The molecule has 2 aromatic carbocycles. The number of nitrogens with zero attached hydrogens (tertiary/aromatic N) is 1. The van der Waals surface area contributed by atoms with E-state index < -0.39 is 32.1 Å². The summed E-state index contributed by atoms with van der Waals surface area (Å²) in [5, 5.41) is 2.87. The van der Waals surface area contributed by atoms with E-state index in [9.17, 15) is 22.0 Å². The van der Waals surface area contributed by atoms with Crippen molar-refractivity contribution in [1.29, 1.82) is 0 Å². The average molecular weight is 465 g/mol. The molecule has 0 radical (unpaired) electrons. The maximum Gasteiger partial charge on any atom is 0.251 e. The molecule has 1 N–H and O–H groups in total. The highest BCUT2D eigenvalue weighted by molar-refractivity contribution is 7.89. The van der Waals surface area contributed by atoms with E-state index in [-0.39, 0.29) is 17.9 Å². The molecule has 0 aromatic heterocycles. The Morgan fingerprint density at radius 3 is 2.34 bits per heavy atom. The molecule has 0 saturated carbocycles. The van der Waals surface area contributed by atoms with Crippen molar-refractivity contribution in [3.63, 3.8) is 0 Å². The SMILES string of the molecule is O=C(NCC1(c2ccc(F)cc2)CCOCC1)c1ccc(F)c(S(=O)(=O)N2CCCC2)c1. The Bertz CT molecular complexity index is 1080. The lowest BCUT2D eigenvalue weighted by atomic mass is 9.74. The average Bonchev–Trinajstić information content (AvgIpc) is 3.35. The maximum atomic E-state index is 14.4. The van der Waals surface area contributed by atoms with Gasteiger partial charge in [-0.3, -0.25) is 4.79 Å². The first-order chi connectivity index (χ1) is 15.3. The number of sulfonamides is 1. The van der Waals surface area contributed by atoms with Crippen LogP contribution in [0.15, 0.2) is 47.4 Å². The zero-order chi connectivity index (χ0) is 22.8. The summed E-state index contributed by atoms with van der Waals surface area (Å²) in [5.41, 5.74) is 0.552. The van der Waals surface area contributed by atoms with Gasteiger partial charge in [-0.25, -0.2) is 17.2 Å². The molecule has 2 aliphatic heterocycles. The van der Waals surface area contributed by atoms with Gasteiger partial charge in [0.05, 0.1) is 0 Å². The molecular weight excluding hydrogens is 438 g/mol. The minimum absolute atomic E-state index is 0.0745. The smallest absolute Gasteiger partial charge is 0.251 e. The number of hydrogen-bond donors (Lipinski definition) is 1. The number of benzene rings is 2. The van der Waals surface area contributed by atoms with Gasteiger partial charge in [0.25, 0.3) is 5.91 Å². The fraction of sp³-hybridized carbons (Fsp3) is 0.435. The monoisotopic (exact) mass is 464 g/mol. The Kier molecular flexibility index (Phi) is 6.60. The van der Waals surface area contributed by atoms with E-state index in [1.54, 1.807) is 12.1 Å². The van der Waals surface area contributed by atoms with E-state index in [2.05, 4.69) is 5.32 Å². The Morgan fingerprint density at radius 1 is 1.03 bits per heavy atom. The van der Waals surface area contributed by atoms with Crippen LogP contribution in [0, 0.1) is 11.6 Å². The summed E-state index contributed by atoms with van der Waals surface area (Å²) in [5.74, 6) is -1.70. The first-order valence-electron chi connectivity index (χ1n) is 10.7. The van der Waals surface area contributed by atoms with Crippen LogP contribution in [-0.4, -0.2) is 51.5 Å². The molecule has 172 valence electrons.